The Labute approximate surface area is 85.2 Å². The molecule has 4 heteroatoms. The van der Waals surface area contributed by atoms with Crippen molar-refractivity contribution in [2.45, 2.75) is 6.04 Å². The number of hydrogen-bond acceptors (Lipinski definition) is 3. The highest BCUT2D eigenvalue weighted by Gasteiger charge is 2.14. The summed E-state index contributed by atoms with van der Waals surface area (Å²) >= 11 is 1.50. The largest absolute Gasteiger partial charge is 0.318 e. The summed E-state index contributed by atoms with van der Waals surface area (Å²) in [7, 11) is 0. The predicted molar refractivity (Wildman–Crippen MR) is 54.5 cm³/mol. The Morgan fingerprint density at radius 2 is 2.21 bits per heavy atom. The second-order valence-corrected chi connectivity index (χ2v) is 3.84. The Bertz CT molecular complexity index is 414. The Morgan fingerprint density at radius 3 is 2.86 bits per heavy atom. The quantitative estimate of drug-likeness (QED) is 0.822. The summed E-state index contributed by atoms with van der Waals surface area (Å²) in [5.41, 5.74) is 6.17. The van der Waals surface area contributed by atoms with Gasteiger partial charge in [-0.1, -0.05) is 6.07 Å². The highest BCUT2D eigenvalue weighted by atomic mass is 32.1. The number of thiophene rings is 1. The lowest BCUT2D eigenvalue weighted by molar-refractivity contribution is 0.588. The van der Waals surface area contributed by atoms with Gasteiger partial charge in [-0.2, -0.15) is 0 Å². The molecule has 2 rings (SSSR count). The predicted octanol–water partition coefficient (Wildman–Crippen LogP) is 2.33. The first-order valence-corrected chi connectivity index (χ1v) is 5.06. The molecule has 0 radical (unpaired) electrons. The number of halogens is 1. The molecule has 2 N–H and O–H groups in total. The van der Waals surface area contributed by atoms with E-state index in [4.69, 9.17) is 5.73 Å². The van der Waals surface area contributed by atoms with Crippen LogP contribution in [0.3, 0.4) is 0 Å². The van der Waals surface area contributed by atoms with Crippen molar-refractivity contribution < 1.29 is 4.39 Å². The first-order valence-electron chi connectivity index (χ1n) is 4.18. The van der Waals surface area contributed by atoms with Crippen molar-refractivity contribution in [3.05, 3.63) is 52.2 Å². The average Bonchev–Trinajstić information content (AvgIpc) is 2.70. The van der Waals surface area contributed by atoms with Crippen LogP contribution in [0.15, 0.2) is 35.8 Å². The molecule has 0 aliphatic carbocycles. The second kappa shape index (κ2) is 3.86. The monoisotopic (exact) mass is 208 g/mol. The molecule has 1 atom stereocenters. The molecule has 0 aliphatic heterocycles. The molecule has 0 saturated heterocycles. The summed E-state index contributed by atoms with van der Waals surface area (Å²) in [6.07, 6.45) is 1.55. The average molecular weight is 208 g/mol. The lowest BCUT2D eigenvalue weighted by Crippen LogP contribution is -2.13. The third kappa shape index (κ3) is 1.66. The molecule has 1 unspecified atom stereocenters. The van der Waals surface area contributed by atoms with Gasteiger partial charge in [0.05, 0.1) is 11.7 Å². The van der Waals surface area contributed by atoms with Gasteiger partial charge in [-0.3, -0.25) is 4.98 Å². The normalized spacial score (nSPS) is 12.7. The number of pyridine rings is 1. The second-order valence-electron chi connectivity index (χ2n) is 2.86. The van der Waals surface area contributed by atoms with E-state index in [0.29, 0.717) is 5.69 Å². The Balaban J connectivity index is 2.37. The molecule has 0 aliphatic rings. The van der Waals surface area contributed by atoms with Gasteiger partial charge in [0.1, 0.15) is 5.82 Å². The van der Waals surface area contributed by atoms with Crippen molar-refractivity contribution in [3.8, 4) is 0 Å². The summed E-state index contributed by atoms with van der Waals surface area (Å²) in [5.74, 6) is -0.353. The highest BCUT2D eigenvalue weighted by molar-refractivity contribution is 7.10. The number of nitrogens with zero attached hydrogens (tertiary/aromatic N) is 1. The van der Waals surface area contributed by atoms with Crippen LogP contribution in [0.4, 0.5) is 4.39 Å². The van der Waals surface area contributed by atoms with Crippen molar-refractivity contribution in [1.29, 1.82) is 0 Å². The Kier molecular flexibility index (Phi) is 2.56. The van der Waals surface area contributed by atoms with E-state index in [0.717, 1.165) is 4.88 Å². The fourth-order valence-corrected chi connectivity index (χ4v) is 1.96. The first-order chi connectivity index (χ1) is 6.79. The van der Waals surface area contributed by atoms with Crippen molar-refractivity contribution in [2.24, 2.45) is 5.73 Å². The van der Waals surface area contributed by atoms with Crippen molar-refractivity contribution in [3.63, 3.8) is 0 Å². The summed E-state index contributed by atoms with van der Waals surface area (Å²) in [6.45, 7) is 0. The third-order valence-corrected chi connectivity index (χ3v) is 2.89. The molecule has 72 valence electrons. The lowest BCUT2D eigenvalue weighted by Gasteiger charge is -2.08. The molecule has 0 fully saturated rings. The zero-order chi connectivity index (χ0) is 9.97. The molecule has 0 spiro atoms. The minimum absolute atomic E-state index is 0.301. The van der Waals surface area contributed by atoms with E-state index in [1.807, 2.05) is 17.5 Å². The Morgan fingerprint density at radius 1 is 1.36 bits per heavy atom. The van der Waals surface area contributed by atoms with Gasteiger partial charge in [0.15, 0.2) is 0 Å². The van der Waals surface area contributed by atoms with Crippen LogP contribution in [0.2, 0.25) is 0 Å². The topological polar surface area (TPSA) is 38.9 Å². The van der Waals surface area contributed by atoms with Gasteiger partial charge in [0.25, 0.3) is 0 Å². The summed E-state index contributed by atoms with van der Waals surface area (Å²) in [6, 6.07) is 6.23. The van der Waals surface area contributed by atoms with Crippen molar-refractivity contribution in [2.75, 3.05) is 0 Å². The number of hydrogen-bond donors (Lipinski definition) is 1. The van der Waals surface area contributed by atoms with E-state index in [1.54, 1.807) is 12.3 Å². The van der Waals surface area contributed by atoms with Gasteiger partial charge in [-0.25, -0.2) is 4.39 Å². The van der Waals surface area contributed by atoms with Crippen LogP contribution < -0.4 is 5.73 Å². The van der Waals surface area contributed by atoms with Gasteiger partial charge in [0.2, 0.25) is 0 Å². The van der Waals surface area contributed by atoms with E-state index in [2.05, 4.69) is 4.98 Å². The fraction of sp³-hybridized carbons (Fsp3) is 0.100. The summed E-state index contributed by atoms with van der Waals surface area (Å²) in [5, 5.41) is 1.91. The molecule has 2 nitrogen and oxygen atoms in total. The van der Waals surface area contributed by atoms with E-state index in [-0.39, 0.29) is 5.82 Å². The van der Waals surface area contributed by atoms with Gasteiger partial charge in [-0.05, 0) is 23.6 Å². The zero-order valence-corrected chi connectivity index (χ0v) is 8.17. The molecular formula is C10H9FN2S. The molecule has 0 bridgehead atoms. The molecule has 2 aromatic rings. The van der Waals surface area contributed by atoms with Crippen LogP contribution in [0.1, 0.15) is 16.6 Å². The molecule has 14 heavy (non-hydrogen) atoms. The minimum atomic E-state index is -0.462. The minimum Gasteiger partial charge on any atom is -0.318 e. The third-order valence-electron chi connectivity index (χ3n) is 1.93. The van der Waals surface area contributed by atoms with Crippen LogP contribution in [-0.2, 0) is 0 Å². The zero-order valence-electron chi connectivity index (χ0n) is 7.35. The number of aromatic nitrogens is 1. The van der Waals surface area contributed by atoms with Crippen LogP contribution in [-0.4, -0.2) is 4.98 Å². The highest BCUT2D eigenvalue weighted by Crippen LogP contribution is 2.23. The lowest BCUT2D eigenvalue weighted by atomic mass is 10.1. The first kappa shape index (κ1) is 9.30. The molecule has 2 aromatic heterocycles. The summed E-state index contributed by atoms with van der Waals surface area (Å²) < 4.78 is 13.3. The number of nitrogens with two attached hydrogens (primary N) is 1. The van der Waals surface area contributed by atoms with Gasteiger partial charge in [0, 0.05) is 11.1 Å². The molecular weight excluding hydrogens is 199 g/mol. The molecule has 0 saturated carbocycles. The van der Waals surface area contributed by atoms with Crippen LogP contribution in [0, 0.1) is 5.82 Å². The SMILES string of the molecule is NC(c1cccs1)c1ncccc1F. The smallest absolute Gasteiger partial charge is 0.146 e. The van der Waals surface area contributed by atoms with E-state index in [1.165, 1.54) is 17.4 Å². The van der Waals surface area contributed by atoms with Gasteiger partial charge in [-0.15, -0.1) is 11.3 Å². The van der Waals surface area contributed by atoms with E-state index < -0.39 is 6.04 Å². The fourth-order valence-electron chi connectivity index (χ4n) is 1.23. The van der Waals surface area contributed by atoms with E-state index >= 15 is 0 Å². The van der Waals surface area contributed by atoms with Crippen LogP contribution in [0.25, 0.3) is 0 Å². The van der Waals surface area contributed by atoms with Crippen molar-refractivity contribution >= 4 is 11.3 Å². The Hall–Kier alpha value is -1.26. The van der Waals surface area contributed by atoms with Gasteiger partial charge >= 0.3 is 0 Å². The molecule has 0 amide bonds. The standard InChI is InChI=1S/C10H9FN2S/c11-7-3-1-5-13-10(7)9(12)8-4-2-6-14-8/h1-6,9H,12H2. The maximum absolute atomic E-state index is 13.3. The maximum Gasteiger partial charge on any atom is 0.146 e. The van der Waals surface area contributed by atoms with E-state index in [9.17, 15) is 4.39 Å². The number of rotatable bonds is 2. The molecule has 2 heterocycles. The maximum atomic E-state index is 13.3. The van der Waals surface area contributed by atoms with Crippen molar-refractivity contribution in [1.82, 2.24) is 4.98 Å². The van der Waals surface area contributed by atoms with Crippen LogP contribution >= 0.6 is 11.3 Å². The van der Waals surface area contributed by atoms with Gasteiger partial charge < -0.3 is 5.73 Å². The summed E-state index contributed by atoms with van der Waals surface area (Å²) in [4.78, 5) is 4.86. The molecule has 0 aromatic carbocycles. The van der Waals surface area contributed by atoms with Crippen LogP contribution in [0.5, 0.6) is 0 Å².